The van der Waals surface area contributed by atoms with Crippen molar-refractivity contribution in [2.45, 2.75) is 25.3 Å². The highest BCUT2D eigenvalue weighted by Gasteiger charge is 2.29. The second-order valence-corrected chi connectivity index (χ2v) is 9.67. The molecule has 0 atom stereocenters. The molecule has 1 aliphatic rings. The first-order valence-electron chi connectivity index (χ1n) is 10.8. The van der Waals surface area contributed by atoms with Gasteiger partial charge >= 0.3 is 0 Å². The van der Waals surface area contributed by atoms with Crippen LogP contribution >= 0.6 is 0 Å². The lowest BCUT2D eigenvalue weighted by Gasteiger charge is -2.36. The Morgan fingerprint density at radius 3 is 2.30 bits per heavy atom. The van der Waals surface area contributed by atoms with E-state index in [-0.39, 0.29) is 29.4 Å². The zero-order valence-corrected chi connectivity index (χ0v) is 19.8. The molecule has 0 amide bonds. The largest absolute Gasteiger partial charge is 0.494 e. The molecule has 1 aliphatic heterocycles. The Labute approximate surface area is 193 Å². The summed E-state index contributed by atoms with van der Waals surface area (Å²) >= 11 is 0. The summed E-state index contributed by atoms with van der Waals surface area (Å²) in [6.07, 6.45) is 0. The molecule has 9 nitrogen and oxygen atoms in total. The maximum Gasteiger partial charge on any atom is 0.293 e. The third-order valence-electron chi connectivity index (χ3n) is 5.82. The average molecular weight is 481 g/mol. The van der Waals surface area contributed by atoms with Gasteiger partial charge in [-0.15, -0.1) is 0 Å². The molecule has 0 aromatic heterocycles. The lowest BCUT2D eigenvalue weighted by Crippen LogP contribution is -2.46. The fraction of sp³-hybridized carbons (Fsp3) is 0.455. The van der Waals surface area contributed by atoms with Crippen LogP contribution in [0.2, 0.25) is 0 Å². The van der Waals surface area contributed by atoms with Gasteiger partial charge in [0.1, 0.15) is 5.69 Å². The van der Waals surface area contributed by atoms with Gasteiger partial charge in [-0.3, -0.25) is 15.0 Å². The summed E-state index contributed by atoms with van der Waals surface area (Å²) in [6.45, 7) is 6.89. The van der Waals surface area contributed by atoms with E-state index < -0.39 is 20.8 Å². The minimum atomic E-state index is -3.79. The number of halogens is 1. The lowest BCUT2D eigenvalue weighted by atomic mass is 10.1. The maximum absolute atomic E-state index is 14.0. The highest BCUT2D eigenvalue weighted by molar-refractivity contribution is 7.89. The Bertz CT molecular complexity index is 1100. The molecule has 0 saturated carbocycles. The summed E-state index contributed by atoms with van der Waals surface area (Å²) in [7, 11) is -2.38. The molecule has 0 unspecified atom stereocenters. The molecule has 2 aromatic carbocycles. The first kappa shape index (κ1) is 24.9. The van der Waals surface area contributed by atoms with Gasteiger partial charge < -0.3 is 9.64 Å². The molecule has 0 bridgehead atoms. The highest BCUT2D eigenvalue weighted by Crippen LogP contribution is 2.32. The molecule has 1 heterocycles. The molecule has 1 saturated heterocycles. The van der Waals surface area contributed by atoms with Gasteiger partial charge in [-0.25, -0.2) is 12.8 Å². The van der Waals surface area contributed by atoms with Crippen LogP contribution in [0.1, 0.15) is 19.4 Å². The second-order valence-electron chi connectivity index (χ2n) is 7.73. The molecule has 0 spiro atoms. The van der Waals surface area contributed by atoms with Crippen molar-refractivity contribution in [2.24, 2.45) is 0 Å². The van der Waals surface area contributed by atoms with Gasteiger partial charge in [-0.05, 0) is 29.8 Å². The molecular weight excluding hydrogens is 451 g/mol. The van der Waals surface area contributed by atoms with E-state index in [1.165, 1.54) is 29.6 Å². The number of nitro benzene ring substituents is 1. The predicted octanol–water partition coefficient (Wildman–Crippen LogP) is 3.10. The van der Waals surface area contributed by atoms with Crippen molar-refractivity contribution < 1.29 is 22.5 Å². The Kier molecular flexibility index (Phi) is 7.88. The number of methoxy groups -OCH3 is 1. The van der Waals surface area contributed by atoms with Gasteiger partial charge in [0.2, 0.25) is 10.0 Å². The molecule has 2 aromatic rings. The molecule has 0 N–H and O–H groups in total. The van der Waals surface area contributed by atoms with E-state index in [1.54, 1.807) is 19.9 Å². The summed E-state index contributed by atoms with van der Waals surface area (Å²) < 4.78 is 45.7. The van der Waals surface area contributed by atoms with Crippen LogP contribution in [-0.2, 0) is 16.6 Å². The normalized spacial score (nSPS) is 15.1. The summed E-state index contributed by atoms with van der Waals surface area (Å²) in [4.78, 5) is 15.2. The Morgan fingerprint density at radius 2 is 1.76 bits per heavy atom. The van der Waals surface area contributed by atoms with Crippen LogP contribution in [-0.4, -0.2) is 68.9 Å². The highest BCUT2D eigenvalue weighted by atomic mass is 32.2. The van der Waals surface area contributed by atoms with E-state index in [4.69, 9.17) is 4.74 Å². The average Bonchev–Trinajstić information content (AvgIpc) is 2.80. The first-order chi connectivity index (χ1) is 15.7. The van der Waals surface area contributed by atoms with E-state index in [0.717, 1.165) is 11.6 Å². The smallest absolute Gasteiger partial charge is 0.293 e. The number of hydrogen-bond acceptors (Lipinski definition) is 7. The van der Waals surface area contributed by atoms with E-state index in [1.807, 2.05) is 11.0 Å². The SMILES string of the molecule is CCN(CC)S(=O)(=O)c1ccc(N2CCN(Cc3ccc(OC)c(F)c3)CC2)c([N+](=O)[O-])c1. The predicted molar refractivity (Wildman–Crippen MR) is 124 cm³/mol. The number of nitro groups is 1. The van der Waals surface area contributed by atoms with Gasteiger partial charge in [-0.2, -0.15) is 4.31 Å². The molecular formula is C22H29FN4O5S. The number of sulfonamides is 1. The maximum atomic E-state index is 14.0. The number of rotatable bonds is 9. The summed E-state index contributed by atoms with van der Waals surface area (Å²) in [5.74, 6) is -0.216. The van der Waals surface area contributed by atoms with Crippen LogP contribution in [0.3, 0.4) is 0 Å². The van der Waals surface area contributed by atoms with Crippen LogP contribution in [0.15, 0.2) is 41.3 Å². The fourth-order valence-electron chi connectivity index (χ4n) is 4.00. The number of nitrogens with zero attached hydrogens (tertiary/aromatic N) is 4. The van der Waals surface area contributed by atoms with Crippen molar-refractivity contribution in [3.63, 3.8) is 0 Å². The minimum Gasteiger partial charge on any atom is -0.494 e. The number of benzene rings is 2. The van der Waals surface area contributed by atoms with Crippen molar-refractivity contribution in [2.75, 3.05) is 51.3 Å². The van der Waals surface area contributed by atoms with Crippen molar-refractivity contribution in [1.29, 1.82) is 0 Å². The van der Waals surface area contributed by atoms with Crippen LogP contribution in [0.4, 0.5) is 15.8 Å². The number of piperazine rings is 1. The van der Waals surface area contributed by atoms with Crippen LogP contribution < -0.4 is 9.64 Å². The molecule has 11 heteroatoms. The van der Waals surface area contributed by atoms with E-state index >= 15 is 0 Å². The quantitative estimate of drug-likeness (QED) is 0.402. The van der Waals surface area contributed by atoms with Crippen molar-refractivity contribution in [1.82, 2.24) is 9.21 Å². The summed E-state index contributed by atoms with van der Waals surface area (Å²) in [5, 5.41) is 11.8. The third kappa shape index (κ3) is 5.43. The van der Waals surface area contributed by atoms with E-state index in [9.17, 15) is 22.9 Å². The second kappa shape index (κ2) is 10.4. The standard InChI is InChI=1S/C22H29FN4O5S/c1-4-26(5-2)33(30,31)18-7-8-20(21(15-18)27(28)29)25-12-10-24(11-13-25)16-17-6-9-22(32-3)19(23)14-17/h6-9,14-15H,4-5,10-13,16H2,1-3H3. The monoisotopic (exact) mass is 480 g/mol. The lowest BCUT2D eigenvalue weighted by molar-refractivity contribution is -0.384. The van der Waals surface area contributed by atoms with E-state index in [0.29, 0.717) is 38.4 Å². The molecule has 0 aliphatic carbocycles. The zero-order valence-electron chi connectivity index (χ0n) is 19.0. The topological polar surface area (TPSA) is 96.2 Å². The minimum absolute atomic E-state index is 0.0816. The van der Waals surface area contributed by atoms with E-state index in [2.05, 4.69) is 4.90 Å². The molecule has 180 valence electrons. The zero-order chi connectivity index (χ0) is 24.2. The molecule has 0 radical (unpaired) electrons. The number of hydrogen-bond donors (Lipinski definition) is 0. The van der Waals surface area contributed by atoms with Crippen LogP contribution in [0, 0.1) is 15.9 Å². The fourth-order valence-corrected chi connectivity index (χ4v) is 5.48. The van der Waals surface area contributed by atoms with Gasteiger partial charge in [0.05, 0.1) is 16.9 Å². The Hall–Kier alpha value is -2.76. The third-order valence-corrected chi connectivity index (χ3v) is 7.87. The van der Waals surface area contributed by atoms with Crippen LogP contribution in [0.25, 0.3) is 0 Å². The molecule has 1 fully saturated rings. The summed E-state index contributed by atoms with van der Waals surface area (Å²) in [6, 6.07) is 8.96. The Balaban J connectivity index is 1.74. The van der Waals surface area contributed by atoms with Gasteiger partial charge in [-0.1, -0.05) is 19.9 Å². The van der Waals surface area contributed by atoms with Crippen molar-refractivity contribution in [3.05, 3.63) is 57.9 Å². The van der Waals surface area contributed by atoms with Gasteiger partial charge in [0.15, 0.2) is 11.6 Å². The van der Waals surface area contributed by atoms with Crippen LogP contribution in [0.5, 0.6) is 5.75 Å². The van der Waals surface area contributed by atoms with Crippen molar-refractivity contribution >= 4 is 21.4 Å². The first-order valence-corrected chi connectivity index (χ1v) is 12.2. The molecule has 33 heavy (non-hydrogen) atoms. The van der Waals surface area contributed by atoms with Gasteiger partial charge in [0.25, 0.3) is 5.69 Å². The van der Waals surface area contributed by atoms with Gasteiger partial charge in [0, 0.05) is 51.9 Å². The number of anilines is 1. The van der Waals surface area contributed by atoms with Crippen molar-refractivity contribution in [3.8, 4) is 5.75 Å². The molecule has 3 rings (SSSR count). The Morgan fingerprint density at radius 1 is 1.09 bits per heavy atom. The number of ether oxygens (including phenoxy) is 1. The summed E-state index contributed by atoms with van der Waals surface area (Å²) in [5.41, 5.74) is 0.987.